The molecular weight excluding hydrogens is 262 g/mol. The van der Waals surface area contributed by atoms with Gasteiger partial charge < -0.3 is 9.47 Å². The van der Waals surface area contributed by atoms with Gasteiger partial charge in [0.1, 0.15) is 0 Å². The third kappa shape index (κ3) is 2.92. The van der Waals surface area contributed by atoms with Gasteiger partial charge in [-0.05, 0) is 41.7 Å². The van der Waals surface area contributed by atoms with E-state index in [1.54, 1.807) is 14.2 Å². The second kappa shape index (κ2) is 6.00. The molecule has 1 heterocycles. The van der Waals surface area contributed by atoms with Gasteiger partial charge in [0, 0.05) is 6.21 Å². The van der Waals surface area contributed by atoms with Crippen molar-refractivity contribution in [3.63, 3.8) is 0 Å². The molecule has 108 valence electrons. The van der Waals surface area contributed by atoms with Crippen molar-refractivity contribution in [3.05, 3.63) is 59.2 Å². The Bertz CT molecular complexity index is 650. The summed E-state index contributed by atoms with van der Waals surface area (Å²) in [5.41, 5.74) is 3.71. The molecule has 0 aromatic heterocycles. The Balaban J connectivity index is 1.82. The van der Waals surface area contributed by atoms with Crippen molar-refractivity contribution in [2.75, 3.05) is 14.2 Å². The molecule has 0 aliphatic carbocycles. The summed E-state index contributed by atoms with van der Waals surface area (Å²) in [6, 6.07) is 14.8. The van der Waals surface area contributed by atoms with E-state index >= 15 is 0 Å². The Hall–Kier alpha value is -2.29. The second-order valence-electron chi connectivity index (χ2n) is 5.23. The fraction of sp³-hybridized carbons (Fsp3) is 0.278. The third-order valence-corrected chi connectivity index (χ3v) is 3.84. The predicted molar refractivity (Wildman–Crippen MR) is 84.8 cm³/mol. The molecule has 21 heavy (non-hydrogen) atoms. The minimum absolute atomic E-state index is 0.290. The van der Waals surface area contributed by atoms with Crippen LogP contribution < -0.4 is 9.47 Å². The molecule has 0 unspecified atom stereocenters. The van der Waals surface area contributed by atoms with Crippen LogP contribution in [0, 0.1) is 0 Å². The van der Waals surface area contributed by atoms with Crippen molar-refractivity contribution in [3.8, 4) is 11.5 Å². The van der Waals surface area contributed by atoms with Crippen molar-refractivity contribution in [2.24, 2.45) is 4.99 Å². The number of ether oxygens (including phenoxy) is 2. The first kappa shape index (κ1) is 13.7. The standard InChI is InChI=1S/C18H19NO2/c1-20-17-10-14-9-16(8-13-6-4-3-5-7-13)19-12-15(14)11-18(17)21-2/h3-7,10-12,16H,8-9H2,1-2H3/t16-/m1/s1. The van der Waals surface area contributed by atoms with E-state index in [9.17, 15) is 0 Å². The van der Waals surface area contributed by atoms with E-state index < -0.39 is 0 Å². The van der Waals surface area contributed by atoms with Crippen molar-refractivity contribution in [1.29, 1.82) is 0 Å². The highest BCUT2D eigenvalue weighted by Gasteiger charge is 2.18. The van der Waals surface area contributed by atoms with Crippen LogP contribution in [-0.4, -0.2) is 26.5 Å². The van der Waals surface area contributed by atoms with Crippen molar-refractivity contribution >= 4 is 6.21 Å². The molecule has 0 bridgehead atoms. The number of hydrogen-bond donors (Lipinski definition) is 0. The summed E-state index contributed by atoms with van der Waals surface area (Å²) in [6.45, 7) is 0. The molecule has 0 fully saturated rings. The highest BCUT2D eigenvalue weighted by molar-refractivity contribution is 5.84. The molecule has 3 rings (SSSR count). The molecule has 1 atom stereocenters. The molecule has 1 aliphatic rings. The number of benzene rings is 2. The third-order valence-electron chi connectivity index (χ3n) is 3.84. The summed E-state index contributed by atoms with van der Waals surface area (Å²) >= 11 is 0. The van der Waals surface area contributed by atoms with Gasteiger partial charge in [-0.15, -0.1) is 0 Å². The largest absolute Gasteiger partial charge is 0.493 e. The molecule has 1 aliphatic heterocycles. The molecule has 2 aromatic rings. The highest BCUT2D eigenvalue weighted by atomic mass is 16.5. The first-order valence-corrected chi connectivity index (χ1v) is 7.12. The zero-order valence-corrected chi connectivity index (χ0v) is 12.4. The Morgan fingerprint density at radius 3 is 2.48 bits per heavy atom. The number of rotatable bonds is 4. The summed E-state index contributed by atoms with van der Waals surface area (Å²) in [7, 11) is 3.32. The summed E-state index contributed by atoms with van der Waals surface area (Å²) in [6.07, 6.45) is 3.85. The van der Waals surface area contributed by atoms with Gasteiger partial charge in [-0.1, -0.05) is 30.3 Å². The van der Waals surface area contributed by atoms with E-state index in [0.717, 1.165) is 29.9 Å². The summed E-state index contributed by atoms with van der Waals surface area (Å²) in [5, 5.41) is 0. The molecule has 0 amide bonds. The van der Waals surface area contributed by atoms with Gasteiger partial charge in [-0.2, -0.15) is 0 Å². The number of nitrogens with zero attached hydrogens (tertiary/aromatic N) is 1. The van der Waals surface area contributed by atoms with Crippen LogP contribution in [0.4, 0.5) is 0 Å². The summed E-state index contributed by atoms with van der Waals surface area (Å²) in [4.78, 5) is 4.68. The van der Waals surface area contributed by atoms with Gasteiger partial charge in [0.05, 0.1) is 20.3 Å². The van der Waals surface area contributed by atoms with Crippen LogP contribution in [0.15, 0.2) is 47.5 Å². The molecule has 2 aromatic carbocycles. The Morgan fingerprint density at radius 2 is 1.76 bits per heavy atom. The molecule has 0 saturated heterocycles. The zero-order valence-electron chi connectivity index (χ0n) is 12.4. The first-order chi connectivity index (χ1) is 10.3. The van der Waals surface area contributed by atoms with Crippen LogP contribution in [0.1, 0.15) is 16.7 Å². The van der Waals surface area contributed by atoms with E-state index in [2.05, 4.69) is 35.3 Å². The lowest BCUT2D eigenvalue weighted by molar-refractivity contribution is 0.354. The van der Waals surface area contributed by atoms with E-state index in [0.29, 0.717) is 0 Å². The van der Waals surface area contributed by atoms with Gasteiger partial charge in [0.15, 0.2) is 11.5 Å². The fourth-order valence-corrected chi connectivity index (χ4v) is 2.74. The maximum absolute atomic E-state index is 5.39. The Morgan fingerprint density at radius 1 is 1.05 bits per heavy atom. The molecule has 0 radical (unpaired) electrons. The predicted octanol–water partition coefficient (Wildman–Crippen LogP) is 3.29. The molecule has 0 spiro atoms. The zero-order chi connectivity index (χ0) is 14.7. The van der Waals surface area contributed by atoms with Gasteiger partial charge in [-0.25, -0.2) is 0 Å². The minimum Gasteiger partial charge on any atom is -0.493 e. The second-order valence-corrected chi connectivity index (χ2v) is 5.23. The quantitative estimate of drug-likeness (QED) is 0.861. The SMILES string of the molecule is COc1cc2c(cc1OC)C[C@@H](Cc1ccccc1)N=C2. The lowest BCUT2D eigenvalue weighted by atomic mass is 9.93. The molecule has 3 heteroatoms. The van der Waals surface area contributed by atoms with Crippen LogP contribution in [0.5, 0.6) is 11.5 Å². The maximum atomic E-state index is 5.39. The maximum Gasteiger partial charge on any atom is 0.161 e. The summed E-state index contributed by atoms with van der Waals surface area (Å²) < 4.78 is 10.7. The van der Waals surface area contributed by atoms with E-state index in [-0.39, 0.29) is 6.04 Å². The normalized spacial score (nSPS) is 16.4. The number of fused-ring (bicyclic) bond motifs is 1. The first-order valence-electron chi connectivity index (χ1n) is 7.12. The average molecular weight is 281 g/mol. The van der Waals surface area contributed by atoms with Gasteiger partial charge in [-0.3, -0.25) is 4.99 Å². The number of aliphatic imine (C=N–C) groups is 1. The smallest absolute Gasteiger partial charge is 0.161 e. The van der Waals surface area contributed by atoms with Crippen LogP contribution in [-0.2, 0) is 12.8 Å². The van der Waals surface area contributed by atoms with Crippen LogP contribution >= 0.6 is 0 Å². The lowest BCUT2D eigenvalue weighted by Gasteiger charge is -2.20. The van der Waals surface area contributed by atoms with Crippen LogP contribution in [0.2, 0.25) is 0 Å². The number of methoxy groups -OCH3 is 2. The molecule has 3 nitrogen and oxygen atoms in total. The van der Waals surface area contributed by atoms with Crippen molar-refractivity contribution < 1.29 is 9.47 Å². The average Bonchev–Trinajstić information content (AvgIpc) is 2.54. The topological polar surface area (TPSA) is 30.8 Å². The van der Waals surface area contributed by atoms with Gasteiger partial charge >= 0.3 is 0 Å². The molecule has 0 N–H and O–H groups in total. The van der Waals surface area contributed by atoms with Crippen LogP contribution in [0.3, 0.4) is 0 Å². The fourth-order valence-electron chi connectivity index (χ4n) is 2.74. The molecule has 0 saturated carbocycles. The van der Waals surface area contributed by atoms with E-state index in [1.807, 2.05) is 18.3 Å². The highest BCUT2D eigenvalue weighted by Crippen LogP contribution is 2.32. The van der Waals surface area contributed by atoms with Gasteiger partial charge in [0.25, 0.3) is 0 Å². The summed E-state index contributed by atoms with van der Waals surface area (Å²) in [5.74, 6) is 1.54. The van der Waals surface area contributed by atoms with E-state index in [4.69, 9.17) is 9.47 Å². The van der Waals surface area contributed by atoms with Gasteiger partial charge in [0.2, 0.25) is 0 Å². The lowest BCUT2D eigenvalue weighted by Crippen LogP contribution is -2.18. The van der Waals surface area contributed by atoms with Crippen molar-refractivity contribution in [2.45, 2.75) is 18.9 Å². The Labute approximate surface area is 125 Å². The monoisotopic (exact) mass is 281 g/mol. The minimum atomic E-state index is 0.290. The van der Waals surface area contributed by atoms with E-state index in [1.165, 1.54) is 11.1 Å². The van der Waals surface area contributed by atoms with Crippen molar-refractivity contribution in [1.82, 2.24) is 0 Å². The van der Waals surface area contributed by atoms with Crippen LogP contribution in [0.25, 0.3) is 0 Å². The number of hydrogen-bond acceptors (Lipinski definition) is 3. The Kier molecular flexibility index (Phi) is 3.91. The molecular formula is C18H19NO2.